The van der Waals surface area contributed by atoms with Gasteiger partial charge in [-0.25, -0.2) is 5.84 Å². The number of allylic oxidation sites excluding steroid dienone is 1. The second kappa shape index (κ2) is 5.17. The topological polar surface area (TPSA) is 67.6 Å². The number of rotatable bonds is 3. The van der Waals surface area contributed by atoms with Crippen molar-refractivity contribution < 1.29 is 0 Å². The van der Waals surface area contributed by atoms with Crippen LogP contribution in [0.5, 0.6) is 0 Å². The van der Waals surface area contributed by atoms with Crippen LogP contribution >= 0.6 is 0 Å². The van der Waals surface area contributed by atoms with Crippen molar-refractivity contribution in [1.29, 1.82) is 0 Å². The highest BCUT2D eigenvalue weighted by atomic mass is 15.4. The Morgan fingerprint density at radius 1 is 1.40 bits per heavy atom. The third-order valence-corrected chi connectivity index (χ3v) is 2.00. The molecule has 0 heterocycles. The fourth-order valence-electron chi connectivity index (χ4n) is 1.36. The van der Waals surface area contributed by atoms with Crippen molar-refractivity contribution in [1.82, 2.24) is 0 Å². The molecular weight excluding hydrogens is 188 g/mol. The average Bonchev–Trinajstić information content (AvgIpc) is 2.18. The summed E-state index contributed by atoms with van der Waals surface area (Å²) < 4.78 is 0. The van der Waals surface area contributed by atoms with E-state index in [1.165, 1.54) is 16.9 Å². The van der Waals surface area contributed by atoms with Gasteiger partial charge in [-0.2, -0.15) is 5.10 Å². The zero-order valence-corrected chi connectivity index (χ0v) is 9.01. The smallest absolute Gasteiger partial charge is 0.129 e. The van der Waals surface area contributed by atoms with Gasteiger partial charge in [-0.05, 0) is 31.5 Å². The SMILES string of the molecule is C/C=C/c1cc(C)ccc1N(N)/C=N\N. The summed E-state index contributed by atoms with van der Waals surface area (Å²) in [7, 11) is 0. The first-order valence-electron chi connectivity index (χ1n) is 4.69. The number of benzene rings is 1. The molecule has 1 rings (SSSR count). The molecule has 1 aromatic carbocycles. The van der Waals surface area contributed by atoms with Crippen molar-refractivity contribution in [2.75, 3.05) is 5.01 Å². The summed E-state index contributed by atoms with van der Waals surface area (Å²) in [6, 6.07) is 5.98. The number of nitrogens with zero attached hydrogens (tertiary/aromatic N) is 2. The van der Waals surface area contributed by atoms with Crippen LogP contribution in [0.3, 0.4) is 0 Å². The predicted octanol–water partition coefficient (Wildman–Crippen LogP) is 1.61. The molecule has 0 saturated heterocycles. The zero-order valence-electron chi connectivity index (χ0n) is 9.01. The first-order valence-corrected chi connectivity index (χ1v) is 4.69. The van der Waals surface area contributed by atoms with E-state index in [0.29, 0.717) is 0 Å². The highest BCUT2D eigenvalue weighted by Gasteiger charge is 2.03. The molecule has 0 saturated carbocycles. The third-order valence-electron chi connectivity index (χ3n) is 2.00. The van der Waals surface area contributed by atoms with Gasteiger partial charge in [0.15, 0.2) is 0 Å². The van der Waals surface area contributed by atoms with Crippen LogP contribution in [0.1, 0.15) is 18.1 Å². The minimum Gasteiger partial charge on any atom is -0.322 e. The number of anilines is 1. The van der Waals surface area contributed by atoms with Gasteiger partial charge >= 0.3 is 0 Å². The number of hydrazone groups is 1. The Morgan fingerprint density at radius 2 is 2.13 bits per heavy atom. The Kier molecular flexibility index (Phi) is 3.88. The maximum atomic E-state index is 5.76. The molecule has 0 amide bonds. The number of hydrazine groups is 1. The van der Waals surface area contributed by atoms with Crippen molar-refractivity contribution in [2.24, 2.45) is 16.8 Å². The van der Waals surface area contributed by atoms with E-state index in [0.717, 1.165) is 11.3 Å². The van der Waals surface area contributed by atoms with Gasteiger partial charge in [0.1, 0.15) is 6.34 Å². The van der Waals surface area contributed by atoms with Gasteiger partial charge in [-0.1, -0.05) is 23.8 Å². The molecule has 0 spiro atoms. The van der Waals surface area contributed by atoms with E-state index in [1.54, 1.807) is 0 Å². The quantitative estimate of drug-likeness (QED) is 0.340. The normalized spacial score (nSPS) is 11.4. The first-order chi connectivity index (χ1) is 7.19. The molecule has 4 heteroatoms. The summed E-state index contributed by atoms with van der Waals surface area (Å²) in [5.41, 5.74) is 3.10. The van der Waals surface area contributed by atoms with Gasteiger partial charge in [0.25, 0.3) is 0 Å². The lowest BCUT2D eigenvalue weighted by Gasteiger charge is -2.15. The Balaban J connectivity index is 3.15. The van der Waals surface area contributed by atoms with Crippen molar-refractivity contribution >= 4 is 18.1 Å². The largest absolute Gasteiger partial charge is 0.322 e. The van der Waals surface area contributed by atoms with Crippen LogP contribution in [0.25, 0.3) is 6.08 Å². The van der Waals surface area contributed by atoms with E-state index < -0.39 is 0 Å². The van der Waals surface area contributed by atoms with E-state index in [2.05, 4.69) is 11.2 Å². The second-order valence-electron chi connectivity index (χ2n) is 3.23. The highest BCUT2D eigenvalue weighted by molar-refractivity contribution is 5.82. The molecule has 4 nitrogen and oxygen atoms in total. The minimum atomic E-state index is 0.868. The van der Waals surface area contributed by atoms with E-state index in [9.17, 15) is 0 Å². The Hall–Kier alpha value is -1.81. The summed E-state index contributed by atoms with van der Waals surface area (Å²) in [4.78, 5) is 0. The predicted molar refractivity (Wildman–Crippen MR) is 65.2 cm³/mol. The number of aryl methyl sites for hydroxylation is 1. The Morgan fingerprint density at radius 3 is 2.73 bits per heavy atom. The van der Waals surface area contributed by atoms with Crippen molar-refractivity contribution in [3.63, 3.8) is 0 Å². The molecule has 0 radical (unpaired) electrons. The molecule has 4 N–H and O–H groups in total. The molecule has 1 aromatic rings. The fraction of sp³-hybridized carbons (Fsp3) is 0.182. The number of nitrogens with two attached hydrogens (primary N) is 2. The van der Waals surface area contributed by atoms with Crippen LogP contribution in [0.4, 0.5) is 5.69 Å². The van der Waals surface area contributed by atoms with E-state index in [4.69, 9.17) is 11.7 Å². The van der Waals surface area contributed by atoms with Crippen LogP contribution in [0, 0.1) is 6.92 Å². The molecule has 15 heavy (non-hydrogen) atoms. The molecule has 0 aromatic heterocycles. The Bertz CT molecular complexity index is 382. The molecule has 0 bridgehead atoms. The van der Waals surface area contributed by atoms with Gasteiger partial charge in [-0.15, -0.1) is 0 Å². The van der Waals surface area contributed by atoms with Gasteiger partial charge in [-0.3, -0.25) is 5.01 Å². The highest BCUT2D eigenvalue weighted by Crippen LogP contribution is 2.20. The summed E-state index contributed by atoms with van der Waals surface area (Å²) in [6.07, 6.45) is 5.33. The van der Waals surface area contributed by atoms with Crippen LogP contribution < -0.4 is 16.7 Å². The fourth-order valence-corrected chi connectivity index (χ4v) is 1.36. The van der Waals surface area contributed by atoms with Crippen LogP contribution in [0.15, 0.2) is 29.4 Å². The van der Waals surface area contributed by atoms with Gasteiger partial charge in [0.05, 0.1) is 5.69 Å². The number of hydrogen-bond donors (Lipinski definition) is 2. The summed E-state index contributed by atoms with van der Waals surface area (Å²) >= 11 is 0. The van der Waals surface area contributed by atoms with Crippen LogP contribution in [-0.4, -0.2) is 6.34 Å². The average molecular weight is 204 g/mol. The molecule has 0 aliphatic rings. The minimum absolute atomic E-state index is 0.868. The van der Waals surface area contributed by atoms with Crippen LogP contribution in [-0.2, 0) is 0 Å². The molecule has 0 unspecified atom stereocenters. The number of hydrogen-bond acceptors (Lipinski definition) is 3. The summed E-state index contributed by atoms with van der Waals surface area (Å²) in [5, 5.41) is 4.79. The maximum Gasteiger partial charge on any atom is 0.129 e. The second-order valence-corrected chi connectivity index (χ2v) is 3.23. The van der Waals surface area contributed by atoms with Gasteiger partial charge < -0.3 is 5.84 Å². The van der Waals surface area contributed by atoms with Crippen molar-refractivity contribution in [2.45, 2.75) is 13.8 Å². The molecule has 0 atom stereocenters. The lowest BCUT2D eigenvalue weighted by atomic mass is 10.1. The summed E-state index contributed by atoms with van der Waals surface area (Å²) in [6.45, 7) is 4.00. The van der Waals surface area contributed by atoms with E-state index >= 15 is 0 Å². The molecular formula is C11H16N4. The first kappa shape index (κ1) is 11.3. The van der Waals surface area contributed by atoms with Crippen molar-refractivity contribution in [3.05, 3.63) is 35.4 Å². The Labute approximate surface area is 89.8 Å². The summed E-state index contributed by atoms with van der Waals surface area (Å²) in [5.74, 6) is 10.8. The van der Waals surface area contributed by atoms with E-state index in [1.807, 2.05) is 38.1 Å². The van der Waals surface area contributed by atoms with Gasteiger partial charge in [0.2, 0.25) is 0 Å². The van der Waals surface area contributed by atoms with Gasteiger partial charge in [0, 0.05) is 0 Å². The third kappa shape index (κ3) is 2.82. The lowest BCUT2D eigenvalue weighted by molar-refractivity contribution is 1.12. The zero-order chi connectivity index (χ0) is 11.3. The molecule has 0 fully saturated rings. The standard InChI is InChI=1S/C11H16N4/c1-3-4-10-7-9(2)5-6-11(10)15(13)8-14-12/h3-8H,12-13H2,1-2H3/b4-3+,14-8-. The molecule has 0 aliphatic carbocycles. The molecule has 80 valence electrons. The lowest BCUT2D eigenvalue weighted by Crippen LogP contribution is -2.30. The molecule has 0 aliphatic heterocycles. The van der Waals surface area contributed by atoms with Crippen molar-refractivity contribution in [3.8, 4) is 0 Å². The van der Waals surface area contributed by atoms with Crippen LogP contribution in [0.2, 0.25) is 0 Å². The van der Waals surface area contributed by atoms with E-state index in [-0.39, 0.29) is 0 Å². The monoisotopic (exact) mass is 204 g/mol. The maximum absolute atomic E-state index is 5.76.